The highest BCUT2D eigenvalue weighted by Gasteiger charge is 2.35. The molecule has 2 saturated heterocycles. The summed E-state index contributed by atoms with van der Waals surface area (Å²) < 4.78 is 3.49. The lowest BCUT2D eigenvalue weighted by atomic mass is 10.2. The fourth-order valence-corrected chi connectivity index (χ4v) is 5.37. The van der Waals surface area contributed by atoms with Crippen molar-refractivity contribution in [1.82, 2.24) is 29.0 Å². The number of fused-ring (bicyclic) bond motifs is 3. The molecule has 0 spiro atoms. The van der Waals surface area contributed by atoms with E-state index in [9.17, 15) is 9.59 Å². The number of hydrogen-bond acceptors (Lipinski definition) is 6. The van der Waals surface area contributed by atoms with Gasteiger partial charge in [-0.15, -0.1) is 10.2 Å². The maximum atomic E-state index is 13.1. The molecule has 4 heterocycles. The van der Waals surface area contributed by atoms with E-state index in [1.807, 2.05) is 45.3 Å². The van der Waals surface area contributed by atoms with Gasteiger partial charge in [0.25, 0.3) is 5.56 Å². The summed E-state index contributed by atoms with van der Waals surface area (Å²) in [7, 11) is 1.72. The molecule has 5 rings (SSSR count). The van der Waals surface area contributed by atoms with E-state index in [2.05, 4.69) is 15.1 Å². The van der Waals surface area contributed by atoms with E-state index in [-0.39, 0.29) is 17.5 Å². The van der Waals surface area contributed by atoms with Gasteiger partial charge in [-0.2, -0.15) is 11.8 Å². The number of carbonyl (C=O) groups is 1. The summed E-state index contributed by atoms with van der Waals surface area (Å²) in [5, 5.41) is 9.32. The number of carbonyl (C=O) groups excluding carboxylic acids is 1. The van der Waals surface area contributed by atoms with Crippen molar-refractivity contribution in [2.45, 2.75) is 25.4 Å². The van der Waals surface area contributed by atoms with Crippen LogP contribution in [0.3, 0.4) is 0 Å². The van der Waals surface area contributed by atoms with Gasteiger partial charge in [-0.25, -0.2) is 0 Å². The quantitative estimate of drug-likeness (QED) is 0.642. The fraction of sp³-hybridized carbons (Fsp3) is 0.500. The molecule has 2 fully saturated rings. The van der Waals surface area contributed by atoms with Crippen LogP contribution < -0.4 is 5.56 Å². The Morgan fingerprint density at radius 2 is 1.97 bits per heavy atom. The van der Waals surface area contributed by atoms with E-state index in [4.69, 9.17) is 0 Å². The van der Waals surface area contributed by atoms with Crippen molar-refractivity contribution in [3.63, 3.8) is 0 Å². The highest BCUT2D eigenvalue weighted by Crippen LogP contribution is 2.24. The molecule has 2 aromatic heterocycles. The first kappa shape index (κ1) is 18.6. The summed E-state index contributed by atoms with van der Waals surface area (Å²) in [4.78, 5) is 30.0. The van der Waals surface area contributed by atoms with Crippen LogP contribution in [0.15, 0.2) is 29.1 Å². The van der Waals surface area contributed by atoms with Gasteiger partial charge in [0, 0.05) is 31.6 Å². The van der Waals surface area contributed by atoms with Crippen molar-refractivity contribution in [3.05, 3.63) is 40.4 Å². The minimum Gasteiger partial charge on any atom is -0.340 e. The van der Waals surface area contributed by atoms with E-state index < -0.39 is 0 Å². The molecule has 1 amide bonds. The van der Waals surface area contributed by atoms with Crippen LogP contribution in [0.4, 0.5) is 0 Å². The van der Waals surface area contributed by atoms with Crippen molar-refractivity contribution < 1.29 is 4.79 Å². The largest absolute Gasteiger partial charge is 0.340 e. The molecular formula is C20H24N6O2S. The molecule has 9 heteroatoms. The molecule has 1 atom stereocenters. The number of nitrogens with zero attached hydrogens (tertiary/aromatic N) is 6. The number of hydrogen-bond donors (Lipinski definition) is 0. The molecule has 0 bridgehead atoms. The lowest BCUT2D eigenvalue weighted by Crippen LogP contribution is -2.48. The van der Waals surface area contributed by atoms with Gasteiger partial charge in [-0.05, 0) is 31.5 Å². The van der Waals surface area contributed by atoms with Gasteiger partial charge in [-0.1, -0.05) is 12.1 Å². The molecular weight excluding hydrogens is 388 g/mol. The molecule has 1 aromatic carbocycles. The lowest BCUT2D eigenvalue weighted by molar-refractivity contribution is -0.135. The normalized spacial score (nSPS) is 20.7. The zero-order valence-corrected chi connectivity index (χ0v) is 17.3. The van der Waals surface area contributed by atoms with Crippen LogP contribution in [-0.2, 0) is 18.4 Å². The third-order valence-corrected chi connectivity index (χ3v) is 6.95. The number of likely N-dealkylation sites (tertiary alicyclic amines) is 1. The van der Waals surface area contributed by atoms with Crippen molar-refractivity contribution in [2.24, 2.45) is 7.05 Å². The maximum absolute atomic E-state index is 13.1. The van der Waals surface area contributed by atoms with E-state index in [1.165, 1.54) is 4.57 Å². The number of aromatic nitrogens is 4. The van der Waals surface area contributed by atoms with Crippen LogP contribution >= 0.6 is 11.8 Å². The molecule has 0 radical (unpaired) electrons. The molecule has 29 heavy (non-hydrogen) atoms. The van der Waals surface area contributed by atoms with Crippen molar-refractivity contribution in [2.75, 3.05) is 31.1 Å². The van der Waals surface area contributed by atoms with E-state index in [1.54, 1.807) is 7.05 Å². The van der Waals surface area contributed by atoms with Crippen LogP contribution in [0.25, 0.3) is 16.7 Å². The Labute approximate surface area is 172 Å². The number of rotatable bonds is 3. The minimum absolute atomic E-state index is 0.0794. The van der Waals surface area contributed by atoms with Crippen molar-refractivity contribution in [3.8, 4) is 0 Å². The van der Waals surface area contributed by atoms with Gasteiger partial charge in [0.1, 0.15) is 0 Å². The average Bonchev–Trinajstić information content (AvgIpc) is 3.40. The minimum atomic E-state index is -0.0933. The molecule has 8 nitrogen and oxygen atoms in total. The number of para-hydroxylation sites is 1. The zero-order chi connectivity index (χ0) is 20.0. The Morgan fingerprint density at radius 3 is 2.79 bits per heavy atom. The Hall–Kier alpha value is -2.39. The first-order valence-electron chi connectivity index (χ1n) is 10.1. The van der Waals surface area contributed by atoms with Gasteiger partial charge >= 0.3 is 0 Å². The molecule has 3 aromatic rings. The van der Waals surface area contributed by atoms with Crippen LogP contribution in [0.2, 0.25) is 0 Å². The average molecular weight is 413 g/mol. The van der Waals surface area contributed by atoms with E-state index >= 15 is 0 Å². The summed E-state index contributed by atoms with van der Waals surface area (Å²) >= 11 is 1.91. The number of amides is 1. The predicted octanol–water partition coefficient (Wildman–Crippen LogP) is 1.12. The number of thioether (sulfide) groups is 1. The number of aryl methyl sites for hydroxylation is 1. The predicted molar refractivity (Wildman–Crippen MR) is 113 cm³/mol. The summed E-state index contributed by atoms with van der Waals surface area (Å²) in [6.07, 6.45) is 1.90. The molecule has 2 aliphatic heterocycles. The summed E-state index contributed by atoms with van der Waals surface area (Å²) in [6.45, 7) is 3.10. The van der Waals surface area contributed by atoms with Gasteiger partial charge in [0.15, 0.2) is 5.82 Å². The SMILES string of the molecule is Cn1c(=O)c2ccccc2n2c(CN3CCCC3C(=O)N3CCSCC3)nnc12. The van der Waals surface area contributed by atoms with Crippen molar-refractivity contribution in [1.29, 1.82) is 0 Å². The summed E-state index contributed by atoms with van der Waals surface area (Å²) in [5.41, 5.74) is 0.727. The lowest BCUT2D eigenvalue weighted by Gasteiger charge is -2.32. The number of benzene rings is 1. The molecule has 0 aliphatic carbocycles. The fourth-order valence-electron chi connectivity index (χ4n) is 4.47. The summed E-state index contributed by atoms with van der Waals surface area (Å²) in [6, 6.07) is 7.45. The second-order valence-electron chi connectivity index (χ2n) is 7.70. The third-order valence-electron chi connectivity index (χ3n) is 6.01. The monoisotopic (exact) mass is 412 g/mol. The van der Waals surface area contributed by atoms with E-state index in [0.717, 1.165) is 55.3 Å². The zero-order valence-electron chi connectivity index (χ0n) is 16.5. The Balaban J connectivity index is 1.50. The van der Waals surface area contributed by atoms with E-state index in [0.29, 0.717) is 17.7 Å². The molecule has 0 saturated carbocycles. The maximum Gasteiger partial charge on any atom is 0.262 e. The molecule has 2 aliphatic rings. The smallest absolute Gasteiger partial charge is 0.262 e. The first-order valence-corrected chi connectivity index (χ1v) is 11.2. The third kappa shape index (κ3) is 3.12. The molecule has 152 valence electrons. The highest BCUT2D eigenvalue weighted by atomic mass is 32.2. The van der Waals surface area contributed by atoms with Gasteiger partial charge in [-0.3, -0.25) is 23.5 Å². The molecule has 0 N–H and O–H groups in total. The van der Waals surface area contributed by atoms with Crippen LogP contribution in [0.5, 0.6) is 0 Å². The Morgan fingerprint density at radius 1 is 1.17 bits per heavy atom. The standard InChI is InChI=1S/C20H24N6O2S/c1-23-18(27)14-5-2-3-6-15(14)26-17(21-22-20(23)26)13-25-8-4-7-16(25)19(28)24-9-11-29-12-10-24/h2-3,5-6,16H,4,7-13H2,1H3. The van der Waals surface area contributed by atoms with Gasteiger partial charge in [0.05, 0.1) is 23.5 Å². The van der Waals surface area contributed by atoms with Crippen molar-refractivity contribution >= 4 is 34.3 Å². The van der Waals surface area contributed by atoms with Crippen LogP contribution in [0, 0.1) is 0 Å². The summed E-state index contributed by atoms with van der Waals surface area (Å²) in [5.74, 6) is 3.58. The first-order chi connectivity index (χ1) is 14.1. The second-order valence-corrected chi connectivity index (χ2v) is 8.92. The Bertz CT molecular complexity index is 1130. The molecule has 1 unspecified atom stereocenters. The van der Waals surface area contributed by atoms with Gasteiger partial charge in [0.2, 0.25) is 11.7 Å². The van der Waals surface area contributed by atoms with Gasteiger partial charge < -0.3 is 4.90 Å². The van der Waals surface area contributed by atoms with Crippen LogP contribution in [0.1, 0.15) is 18.7 Å². The Kier molecular flexibility index (Phi) is 4.79. The second kappa shape index (κ2) is 7.46. The van der Waals surface area contributed by atoms with Crippen LogP contribution in [-0.4, -0.2) is 72.1 Å². The topological polar surface area (TPSA) is 75.7 Å². The highest BCUT2D eigenvalue weighted by molar-refractivity contribution is 7.99.